The maximum atomic E-state index is 0. The summed E-state index contributed by atoms with van der Waals surface area (Å²) < 4.78 is 0. The van der Waals surface area contributed by atoms with E-state index >= 15 is 0 Å². The van der Waals surface area contributed by atoms with E-state index in [1.165, 1.54) is 0 Å². The van der Waals surface area contributed by atoms with Crippen molar-refractivity contribution in [3.8, 4) is 0 Å². The molecule has 0 fully saturated rings. The second kappa shape index (κ2) is 58.3. The van der Waals surface area contributed by atoms with Crippen molar-refractivity contribution in [2.75, 3.05) is 0 Å². The van der Waals surface area contributed by atoms with Crippen LogP contribution in [0.3, 0.4) is 0 Å². The molecule has 7 heteroatoms. The quantitative estimate of drug-likeness (QED) is 0.478. The molecule has 0 aromatic carbocycles. The van der Waals surface area contributed by atoms with Crippen LogP contribution in [0, 0.1) is 71.2 Å². The van der Waals surface area contributed by atoms with Gasteiger partial charge in [-0.25, -0.2) is 0 Å². The molecule has 0 atom stereocenters. The summed E-state index contributed by atoms with van der Waals surface area (Å²) in [6.45, 7) is 0. The number of hydrogen-bond acceptors (Lipinski definition) is 0. The van der Waals surface area contributed by atoms with Gasteiger partial charge in [0.1, 0.15) is 0 Å². The van der Waals surface area contributed by atoms with Crippen LogP contribution in [0.15, 0.2) is 0 Å². The van der Waals surface area contributed by atoms with Gasteiger partial charge in [0.05, 0.1) is 0 Å². The molecule has 3 nitrogen and oxygen atoms in total. The van der Waals surface area contributed by atoms with Gasteiger partial charge in [-0.3, -0.25) is 0 Å². The van der Waals surface area contributed by atoms with Crippen LogP contribution in [-0.2, 0) is 16.4 Å². The summed E-state index contributed by atoms with van der Waals surface area (Å²) in [4.78, 5) is 0. The van der Waals surface area contributed by atoms with E-state index in [1.807, 2.05) is 0 Å². The molecule has 0 aromatic rings. The standard InChI is InChI=1S/2Al.2La.3O/q;;2*+3;3*-2. The topological polar surface area (TPSA) is 85.5 Å². The number of rotatable bonds is 0. The minimum Gasteiger partial charge on any atom is -2.00 e. The monoisotopic (exact) mass is 380 g/mol. The number of hydrogen-bond donors (Lipinski definition) is 0. The molecule has 0 rings (SSSR count). The van der Waals surface area contributed by atoms with Crippen LogP contribution in [-0.4, -0.2) is 34.7 Å². The first-order valence-corrected chi connectivity index (χ1v) is 0. The molecule has 0 saturated carbocycles. The van der Waals surface area contributed by atoms with Crippen LogP contribution in [0.1, 0.15) is 0 Å². The van der Waals surface area contributed by atoms with Crippen molar-refractivity contribution in [1.29, 1.82) is 0 Å². The third kappa shape index (κ3) is 45.2. The maximum absolute atomic E-state index is 0. The average molecular weight is 380 g/mol. The van der Waals surface area contributed by atoms with Crippen molar-refractivity contribution < 1.29 is 87.6 Å². The molecule has 6 radical (unpaired) electrons. The second-order valence-electron chi connectivity index (χ2n) is 0. The van der Waals surface area contributed by atoms with Crippen molar-refractivity contribution in [2.24, 2.45) is 0 Å². The molecule has 0 spiro atoms. The zero-order valence-corrected chi connectivity index (χ0v) is 13.1. The van der Waals surface area contributed by atoms with Crippen molar-refractivity contribution in [3.63, 3.8) is 0 Å². The van der Waals surface area contributed by atoms with E-state index in [9.17, 15) is 0 Å². The maximum Gasteiger partial charge on any atom is 3.00 e. The molecule has 0 bridgehead atoms. The molecule has 7 heavy (non-hydrogen) atoms. The van der Waals surface area contributed by atoms with Crippen molar-refractivity contribution in [2.45, 2.75) is 0 Å². The fraction of sp³-hybridized carbons (Fsp3) is 0. The van der Waals surface area contributed by atoms with Gasteiger partial charge in [0.2, 0.25) is 0 Å². The van der Waals surface area contributed by atoms with Gasteiger partial charge in [0.15, 0.2) is 0 Å². The molecule has 0 aliphatic carbocycles. The smallest absolute Gasteiger partial charge is 2.00 e. The first kappa shape index (κ1) is 81.0. The van der Waals surface area contributed by atoms with E-state index in [0.717, 1.165) is 0 Å². The summed E-state index contributed by atoms with van der Waals surface area (Å²) in [7, 11) is 0. The van der Waals surface area contributed by atoms with Crippen molar-refractivity contribution >= 4 is 34.7 Å². The van der Waals surface area contributed by atoms with Gasteiger partial charge in [-0.05, 0) is 0 Å². The third-order valence-corrected chi connectivity index (χ3v) is 0. The Morgan fingerprint density at radius 2 is 0.429 bits per heavy atom. The van der Waals surface area contributed by atoms with Crippen molar-refractivity contribution in [1.82, 2.24) is 0 Å². The minimum atomic E-state index is 0. The largest absolute Gasteiger partial charge is 3.00 e. The van der Waals surface area contributed by atoms with E-state index in [0.29, 0.717) is 0 Å². The van der Waals surface area contributed by atoms with Crippen LogP contribution in [0.25, 0.3) is 0 Å². The summed E-state index contributed by atoms with van der Waals surface area (Å²) in [5.74, 6) is 0. The van der Waals surface area contributed by atoms with Gasteiger partial charge in [-0.15, -0.1) is 0 Å². The normalized spacial score (nSPS) is 0. The Balaban J connectivity index is 0. The molecule has 0 amide bonds. The van der Waals surface area contributed by atoms with Gasteiger partial charge in [0.25, 0.3) is 0 Å². The van der Waals surface area contributed by atoms with Crippen LogP contribution < -0.4 is 0 Å². The average Bonchev–Trinajstić information content (AvgIpc) is 0. The van der Waals surface area contributed by atoms with Gasteiger partial charge in [0, 0.05) is 34.7 Å². The van der Waals surface area contributed by atoms with Gasteiger partial charge >= 0.3 is 71.2 Å². The van der Waals surface area contributed by atoms with Crippen LogP contribution in [0.4, 0.5) is 0 Å². The molecule has 0 aliphatic rings. The Labute approximate surface area is 120 Å². The third-order valence-electron chi connectivity index (χ3n) is 0. The predicted molar refractivity (Wildman–Crippen MR) is 13.6 cm³/mol. The first-order chi connectivity index (χ1) is 0. The molecular weight excluding hydrogens is 380 g/mol. The van der Waals surface area contributed by atoms with Crippen LogP contribution in [0.2, 0.25) is 0 Å². The molecule has 0 unspecified atom stereocenters. The summed E-state index contributed by atoms with van der Waals surface area (Å²) >= 11 is 0. The summed E-state index contributed by atoms with van der Waals surface area (Å²) in [6, 6.07) is 0. The fourth-order valence-corrected chi connectivity index (χ4v) is 0. The zero-order valence-electron chi connectivity index (χ0n) is 3.53. The molecule has 30 valence electrons. The Bertz CT molecular complexity index is 10.9. The Morgan fingerprint density at radius 3 is 0.429 bits per heavy atom. The van der Waals surface area contributed by atoms with Crippen LogP contribution in [0.5, 0.6) is 0 Å². The Kier molecular flexibility index (Phi) is 675. The Morgan fingerprint density at radius 1 is 0.429 bits per heavy atom. The van der Waals surface area contributed by atoms with E-state index in [4.69, 9.17) is 0 Å². The summed E-state index contributed by atoms with van der Waals surface area (Å²) in [6.07, 6.45) is 0. The van der Waals surface area contributed by atoms with Crippen molar-refractivity contribution in [3.05, 3.63) is 0 Å². The molecular formula is Al2La2O3. The van der Waals surface area contributed by atoms with E-state index < -0.39 is 0 Å². The second-order valence-corrected chi connectivity index (χ2v) is 0. The molecule has 0 heterocycles. The van der Waals surface area contributed by atoms with Crippen LogP contribution >= 0.6 is 0 Å². The minimum absolute atomic E-state index is 0. The van der Waals surface area contributed by atoms with E-state index in [2.05, 4.69) is 0 Å². The fourth-order valence-electron chi connectivity index (χ4n) is 0. The van der Waals surface area contributed by atoms with E-state index in [1.54, 1.807) is 0 Å². The Hall–Kier alpha value is 3.33. The zero-order chi connectivity index (χ0) is 0. The van der Waals surface area contributed by atoms with E-state index in [-0.39, 0.29) is 122 Å². The van der Waals surface area contributed by atoms with Gasteiger partial charge in [-0.1, -0.05) is 0 Å². The van der Waals surface area contributed by atoms with Gasteiger partial charge < -0.3 is 16.4 Å². The first-order valence-electron chi connectivity index (χ1n) is 0. The SMILES string of the molecule is [Al].[Al].[La+3].[La+3].[O-2].[O-2].[O-2]. The molecule has 0 aliphatic heterocycles. The molecule has 0 N–H and O–H groups in total. The predicted octanol–water partition coefficient (Wildman–Crippen LogP) is -1.12. The summed E-state index contributed by atoms with van der Waals surface area (Å²) in [5, 5.41) is 0. The summed E-state index contributed by atoms with van der Waals surface area (Å²) in [5.41, 5.74) is 0. The molecule has 0 aromatic heterocycles. The molecule has 0 saturated heterocycles. The van der Waals surface area contributed by atoms with Gasteiger partial charge in [-0.2, -0.15) is 0 Å².